The van der Waals surface area contributed by atoms with Crippen LogP contribution in [-0.4, -0.2) is 44.2 Å². The maximum absolute atomic E-state index is 16.0. The van der Waals surface area contributed by atoms with Crippen molar-refractivity contribution in [1.29, 1.82) is 0 Å². The molecular weight excluding hydrogens is 441 g/mol. The summed E-state index contributed by atoms with van der Waals surface area (Å²) in [5, 5.41) is 8.19. The number of nitrogens with one attached hydrogen (secondary N) is 2. The number of halogens is 1. The van der Waals surface area contributed by atoms with E-state index in [4.69, 9.17) is 4.98 Å². The van der Waals surface area contributed by atoms with Gasteiger partial charge < -0.3 is 9.88 Å². The number of pyridine rings is 2. The van der Waals surface area contributed by atoms with Gasteiger partial charge in [-0.05, 0) is 36.8 Å². The molecule has 8 heteroatoms. The molecule has 0 atom stereocenters. The molecule has 2 N–H and O–H groups in total. The smallest absolute Gasteiger partial charge is 0.159 e. The highest BCUT2D eigenvalue weighted by molar-refractivity contribution is 5.96. The van der Waals surface area contributed by atoms with Gasteiger partial charge in [0.25, 0.3) is 0 Å². The number of allylic oxidation sites excluding steroid dienone is 1. The van der Waals surface area contributed by atoms with Crippen molar-refractivity contribution in [3.8, 4) is 22.6 Å². The molecule has 0 amide bonds. The van der Waals surface area contributed by atoms with Gasteiger partial charge in [-0.25, -0.2) is 9.37 Å². The minimum Gasteiger partial charge on any atom is -0.376 e. The molecule has 4 heterocycles. The first-order valence-electron chi connectivity index (χ1n) is 11.1. The van der Waals surface area contributed by atoms with E-state index in [9.17, 15) is 0 Å². The summed E-state index contributed by atoms with van der Waals surface area (Å²) in [6.45, 7) is 5.85. The molecule has 0 aliphatic carbocycles. The molecule has 0 aliphatic rings. The van der Waals surface area contributed by atoms with Crippen LogP contribution in [0.4, 0.5) is 10.1 Å². The molecule has 1 aromatic carbocycles. The SMILES string of the molecule is C=C(/C(F)=c1/c(-c2nc3c(-c4ccncc4)cccc3[nH]2)n[nH]/c1=C/C)c1cncc(N(C)C)c1. The second-order valence-electron chi connectivity index (χ2n) is 8.29. The summed E-state index contributed by atoms with van der Waals surface area (Å²) in [6, 6.07) is 11.6. The Balaban J connectivity index is 1.69. The van der Waals surface area contributed by atoms with Gasteiger partial charge in [0.15, 0.2) is 5.82 Å². The molecule has 35 heavy (non-hydrogen) atoms. The number of aromatic nitrogens is 6. The van der Waals surface area contributed by atoms with Gasteiger partial charge >= 0.3 is 0 Å². The lowest BCUT2D eigenvalue weighted by Gasteiger charge is -2.13. The predicted molar refractivity (Wildman–Crippen MR) is 138 cm³/mol. The second kappa shape index (κ2) is 8.98. The number of para-hydroxylation sites is 1. The van der Waals surface area contributed by atoms with Gasteiger partial charge in [-0.2, -0.15) is 5.10 Å². The Kier molecular flexibility index (Phi) is 5.70. The molecule has 0 radical (unpaired) electrons. The fourth-order valence-electron chi connectivity index (χ4n) is 3.98. The number of fused-ring (bicyclic) bond motifs is 1. The Morgan fingerprint density at radius 3 is 2.63 bits per heavy atom. The highest BCUT2D eigenvalue weighted by atomic mass is 19.1. The van der Waals surface area contributed by atoms with Crippen molar-refractivity contribution in [3.05, 3.63) is 83.9 Å². The van der Waals surface area contributed by atoms with E-state index in [-0.39, 0.29) is 5.57 Å². The molecule has 5 aromatic rings. The zero-order valence-corrected chi connectivity index (χ0v) is 19.7. The summed E-state index contributed by atoms with van der Waals surface area (Å²) >= 11 is 0. The van der Waals surface area contributed by atoms with Crippen LogP contribution in [0.1, 0.15) is 12.5 Å². The first kappa shape index (κ1) is 22.2. The van der Waals surface area contributed by atoms with Gasteiger partial charge in [-0.1, -0.05) is 24.8 Å². The van der Waals surface area contributed by atoms with Gasteiger partial charge in [0.2, 0.25) is 0 Å². The summed E-state index contributed by atoms with van der Waals surface area (Å²) < 4.78 is 16.0. The standard InChI is InChI=1S/C27H24FN7/c1-5-21-23(24(28)16(2)18-13-19(35(3)4)15-30-14-18)26(34-33-21)27-31-22-8-6-7-20(25(22)32-27)17-9-11-29-12-10-17/h5-15,33H,2H2,1,3-4H3,(H,31,32)/b21-5+,24-23-. The summed E-state index contributed by atoms with van der Waals surface area (Å²) in [5.74, 6) is -0.0293. The normalized spacial score (nSPS) is 12.7. The van der Waals surface area contributed by atoms with E-state index in [2.05, 4.69) is 31.7 Å². The first-order valence-corrected chi connectivity index (χ1v) is 11.1. The highest BCUT2D eigenvalue weighted by Gasteiger charge is 2.18. The van der Waals surface area contributed by atoms with E-state index in [0.29, 0.717) is 27.6 Å². The zero-order chi connectivity index (χ0) is 24.5. The number of nitrogens with zero attached hydrogens (tertiary/aromatic N) is 5. The van der Waals surface area contributed by atoms with Gasteiger partial charge in [0, 0.05) is 49.4 Å². The largest absolute Gasteiger partial charge is 0.376 e. The third kappa shape index (κ3) is 3.99. The van der Waals surface area contributed by atoms with Crippen molar-refractivity contribution in [2.24, 2.45) is 0 Å². The van der Waals surface area contributed by atoms with E-state index < -0.39 is 5.83 Å². The lowest BCUT2D eigenvalue weighted by molar-refractivity contribution is 0.764. The zero-order valence-electron chi connectivity index (χ0n) is 19.7. The summed E-state index contributed by atoms with van der Waals surface area (Å²) in [4.78, 5) is 18.4. The summed E-state index contributed by atoms with van der Waals surface area (Å²) in [5.41, 5.74) is 5.59. The molecule has 0 bridgehead atoms. The molecule has 4 aromatic heterocycles. The average molecular weight is 466 g/mol. The summed E-state index contributed by atoms with van der Waals surface area (Å²) in [6.07, 6.45) is 8.59. The molecule has 0 spiro atoms. The Hall–Kier alpha value is -4.59. The minimum absolute atomic E-state index is 0.223. The molecular formula is C27H24FN7. The third-order valence-electron chi connectivity index (χ3n) is 5.88. The number of anilines is 1. The van der Waals surface area contributed by atoms with Crippen LogP contribution >= 0.6 is 0 Å². The molecule has 0 aliphatic heterocycles. The molecule has 0 fully saturated rings. The van der Waals surface area contributed by atoms with E-state index >= 15 is 4.39 Å². The van der Waals surface area contributed by atoms with Crippen LogP contribution < -0.4 is 15.5 Å². The van der Waals surface area contributed by atoms with E-state index in [1.54, 1.807) is 30.9 Å². The van der Waals surface area contributed by atoms with Crippen molar-refractivity contribution in [2.75, 3.05) is 19.0 Å². The van der Waals surface area contributed by atoms with Gasteiger partial charge in [0.1, 0.15) is 11.5 Å². The number of H-pyrrole nitrogens is 2. The van der Waals surface area contributed by atoms with Crippen LogP contribution in [0.5, 0.6) is 0 Å². The van der Waals surface area contributed by atoms with Crippen LogP contribution in [0, 0.1) is 0 Å². The molecule has 5 rings (SSSR count). The molecule has 0 saturated carbocycles. The lowest BCUT2D eigenvalue weighted by atomic mass is 10.1. The van der Waals surface area contributed by atoms with Crippen molar-refractivity contribution in [3.63, 3.8) is 0 Å². The van der Waals surface area contributed by atoms with Gasteiger partial charge in [0.05, 0.1) is 33.5 Å². The average Bonchev–Trinajstić information content (AvgIpc) is 3.52. The number of hydrogen-bond donors (Lipinski definition) is 2. The quantitative estimate of drug-likeness (QED) is 0.409. The van der Waals surface area contributed by atoms with E-state index in [1.165, 1.54) is 0 Å². The topological polar surface area (TPSA) is 86.4 Å². The van der Waals surface area contributed by atoms with Crippen LogP contribution in [0.15, 0.2) is 67.8 Å². The monoisotopic (exact) mass is 465 g/mol. The molecule has 174 valence electrons. The second-order valence-corrected chi connectivity index (χ2v) is 8.29. The molecule has 0 saturated heterocycles. The maximum Gasteiger partial charge on any atom is 0.159 e. The minimum atomic E-state index is -0.491. The molecule has 0 unspecified atom stereocenters. The number of benzene rings is 1. The fourth-order valence-corrected chi connectivity index (χ4v) is 3.98. The first-order chi connectivity index (χ1) is 17.0. The molecule has 7 nitrogen and oxygen atoms in total. The van der Waals surface area contributed by atoms with Crippen molar-refractivity contribution < 1.29 is 4.39 Å². The number of hydrogen-bond acceptors (Lipinski definition) is 5. The lowest BCUT2D eigenvalue weighted by Crippen LogP contribution is -2.26. The fraction of sp³-hybridized carbons (Fsp3) is 0.111. The van der Waals surface area contributed by atoms with Crippen molar-refractivity contribution >= 4 is 34.2 Å². The highest BCUT2D eigenvalue weighted by Crippen LogP contribution is 2.29. The Morgan fingerprint density at radius 1 is 1.09 bits per heavy atom. The Morgan fingerprint density at radius 2 is 1.89 bits per heavy atom. The van der Waals surface area contributed by atoms with Gasteiger partial charge in [-0.15, -0.1) is 0 Å². The Labute approximate surface area is 201 Å². The van der Waals surface area contributed by atoms with Crippen LogP contribution in [0.2, 0.25) is 0 Å². The number of aromatic amines is 2. The van der Waals surface area contributed by atoms with Gasteiger partial charge in [-0.3, -0.25) is 15.1 Å². The third-order valence-corrected chi connectivity index (χ3v) is 5.88. The number of rotatable bonds is 5. The Bertz CT molecular complexity index is 1660. The van der Waals surface area contributed by atoms with Crippen molar-refractivity contribution in [1.82, 2.24) is 30.1 Å². The maximum atomic E-state index is 16.0. The van der Waals surface area contributed by atoms with E-state index in [0.717, 1.165) is 27.8 Å². The van der Waals surface area contributed by atoms with Crippen LogP contribution in [0.3, 0.4) is 0 Å². The van der Waals surface area contributed by atoms with E-state index in [1.807, 2.05) is 62.3 Å². The van der Waals surface area contributed by atoms with Crippen LogP contribution in [0.25, 0.3) is 51.2 Å². The predicted octanol–water partition coefficient (Wildman–Crippen LogP) is 4.07. The van der Waals surface area contributed by atoms with Crippen molar-refractivity contribution in [2.45, 2.75) is 6.92 Å². The number of imidazole rings is 1. The summed E-state index contributed by atoms with van der Waals surface area (Å²) in [7, 11) is 3.81. The van der Waals surface area contributed by atoms with Crippen LogP contribution in [-0.2, 0) is 0 Å².